The third-order valence-corrected chi connectivity index (χ3v) is 4.47. The molecule has 0 bridgehead atoms. The van der Waals surface area contributed by atoms with Crippen LogP contribution in [0.5, 0.6) is 11.5 Å². The number of carbonyl (C=O) groups excluding carboxylic acids is 1. The minimum absolute atomic E-state index is 0.0208. The first-order chi connectivity index (χ1) is 12.5. The minimum atomic E-state index is -0.0672. The first-order valence-corrected chi connectivity index (χ1v) is 9.01. The number of fused-ring (bicyclic) bond motifs is 1. The van der Waals surface area contributed by atoms with Crippen LogP contribution in [0.15, 0.2) is 42.5 Å². The minimum Gasteiger partial charge on any atom is -0.486 e. The van der Waals surface area contributed by atoms with Crippen LogP contribution in [0.4, 0.5) is 0 Å². The highest BCUT2D eigenvalue weighted by Crippen LogP contribution is 2.31. The predicted molar refractivity (Wildman–Crippen MR) is 102 cm³/mol. The van der Waals surface area contributed by atoms with E-state index in [1.165, 1.54) is 0 Å². The van der Waals surface area contributed by atoms with Gasteiger partial charge in [0.25, 0.3) is 0 Å². The fraction of sp³-hybridized carbons (Fsp3) is 0.350. The summed E-state index contributed by atoms with van der Waals surface area (Å²) in [6.07, 6.45) is 0. The van der Waals surface area contributed by atoms with Gasteiger partial charge in [0.15, 0.2) is 11.5 Å². The van der Waals surface area contributed by atoms with Crippen LogP contribution in [-0.4, -0.2) is 37.6 Å². The van der Waals surface area contributed by atoms with E-state index in [1.807, 2.05) is 61.3 Å². The SMILES string of the molecule is CC(NC(=O)CN(C)Cc1ccc2c(c1)OCCO2)c1ccc(Cl)cc1. The molecule has 1 aliphatic rings. The molecule has 0 aromatic heterocycles. The molecule has 1 unspecified atom stereocenters. The molecule has 6 heteroatoms. The average molecular weight is 375 g/mol. The van der Waals surface area contributed by atoms with Crippen LogP contribution < -0.4 is 14.8 Å². The molecule has 1 heterocycles. The Balaban J connectivity index is 1.51. The number of amides is 1. The van der Waals surface area contributed by atoms with Crippen molar-refractivity contribution in [2.45, 2.75) is 19.5 Å². The lowest BCUT2D eigenvalue weighted by molar-refractivity contribution is -0.122. The van der Waals surface area contributed by atoms with Crippen molar-refractivity contribution in [1.29, 1.82) is 0 Å². The molecule has 0 fully saturated rings. The predicted octanol–water partition coefficient (Wildman–Crippen LogP) is 3.42. The smallest absolute Gasteiger partial charge is 0.234 e. The van der Waals surface area contributed by atoms with E-state index in [2.05, 4.69) is 5.32 Å². The van der Waals surface area contributed by atoms with Crippen LogP contribution in [0.2, 0.25) is 5.02 Å². The normalized spacial score (nSPS) is 14.2. The van der Waals surface area contributed by atoms with Crippen LogP contribution in [0.25, 0.3) is 0 Å². The average Bonchev–Trinajstić information content (AvgIpc) is 2.61. The fourth-order valence-corrected chi connectivity index (χ4v) is 3.05. The van der Waals surface area contributed by atoms with Crippen molar-refractivity contribution in [3.05, 3.63) is 58.6 Å². The molecule has 3 rings (SSSR count). The molecule has 2 aromatic rings. The van der Waals surface area contributed by atoms with Crippen LogP contribution in [0, 0.1) is 0 Å². The van der Waals surface area contributed by atoms with Crippen molar-refractivity contribution in [2.24, 2.45) is 0 Å². The Morgan fingerprint density at radius 2 is 1.85 bits per heavy atom. The van der Waals surface area contributed by atoms with Crippen molar-refractivity contribution >= 4 is 17.5 Å². The van der Waals surface area contributed by atoms with Gasteiger partial charge in [0.2, 0.25) is 5.91 Å². The van der Waals surface area contributed by atoms with Gasteiger partial charge in [0.05, 0.1) is 12.6 Å². The zero-order valence-electron chi connectivity index (χ0n) is 15.0. The molecular weight excluding hydrogens is 352 g/mol. The van der Waals surface area contributed by atoms with E-state index in [0.717, 1.165) is 22.6 Å². The second kappa shape index (κ2) is 8.43. The third-order valence-electron chi connectivity index (χ3n) is 4.22. The van der Waals surface area contributed by atoms with Crippen LogP contribution in [0.3, 0.4) is 0 Å². The molecule has 0 saturated carbocycles. The standard InChI is InChI=1S/C20H23ClN2O3/c1-14(16-4-6-17(21)7-5-16)22-20(24)13-23(2)12-15-3-8-18-19(11-15)26-10-9-25-18/h3-8,11,14H,9-10,12-13H2,1-2H3,(H,22,24). The van der Waals surface area contributed by atoms with E-state index in [1.54, 1.807) is 0 Å². The molecule has 0 saturated heterocycles. The van der Waals surface area contributed by atoms with Gasteiger partial charge in [-0.05, 0) is 49.4 Å². The van der Waals surface area contributed by atoms with E-state index < -0.39 is 0 Å². The third kappa shape index (κ3) is 4.90. The van der Waals surface area contributed by atoms with E-state index in [9.17, 15) is 4.79 Å². The Hall–Kier alpha value is -2.24. The summed E-state index contributed by atoms with van der Waals surface area (Å²) in [5, 5.41) is 3.70. The summed E-state index contributed by atoms with van der Waals surface area (Å²) in [5.74, 6) is 1.52. The number of ether oxygens (including phenoxy) is 2. The lowest BCUT2D eigenvalue weighted by Crippen LogP contribution is -2.36. The number of hydrogen-bond donors (Lipinski definition) is 1. The summed E-state index contributed by atoms with van der Waals surface area (Å²) in [7, 11) is 1.92. The van der Waals surface area contributed by atoms with Gasteiger partial charge in [-0.2, -0.15) is 0 Å². The zero-order chi connectivity index (χ0) is 18.5. The van der Waals surface area contributed by atoms with Crippen molar-refractivity contribution in [2.75, 3.05) is 26.8 Å². The Morgan fingerprint density at radius 1 is 1.15 bits per heavy atom. The van der Waals surface area contributed by atoms with Gasteiger partial charge >= 0.3 is 0 Å². The summed E-state index contributed by atoms with van der Waals surface area (Å²) in [6.45, 7) is 4.07. The van der Waals surface area contributed by atoms with Crippen LogP contribution >= 0.6 is 11.6 Å². The molecule has 138 valence electrons. The highest BCUT2D eigenvalue weighted by Gasteiger charge is 2.14. The Kier molecular flexibility index (Phi) is 6.01. The summed E-state index contributed by atoms with van der Waals surface area (Å²) in [6, 6.07) is 13.3. The van der Waals surface area contributed by atoms with Gasteiger partial charge in [-0.25, -0.2) is 0 Å². The van der Waals surface area contributed by atoms with Gasteiger partial charge in [0.1, 0.15) is 13.2 Å². The fourth-order valence-electron chi connectivity index (χ4n) is 2.92. The van der Waals surface area contributed by atoms with E-state index in [-0.39, 0.29) is 11.9 Å². The number of nitrogens with one attached hydrogen (secondary N) is 1. The molecule has 1 amide bonds. The first kappa shape index (κ1) is 18.5. The number of carbonyl (C=O) groups is 1. The number of nitrogens with zero attached hydrogens (tertiary/aromatic N) is 1. The van der Waals surface area contributed by atoms with Gasteiger partial charge in [-0.3, -0.25) is 9.69 Å². The first-order valence-electron chi connectivity index (χ1n) is 8.63. The number of hydrogen-bond acceptors (Lipinski definition) is 4. The Morgan fingerprint density at radius 3 is 2.58 bits per heavy atom. The Bertz CT molecular complexity index is 764. The number of benzene rings is 2. The van der Waals surface area contributed by atoms with Crippen molar-refractivity contribution < 1.29 is 14.3 Å². The van der Waals surface area contributed by atoms with E-state index in [4.69, 9.17) is 21.1 Å². The van der Waals surface area contributed by atoms with E-state index >= 15 is 0 Å². The van der Waals surface area contributed by atoms with Crippen molar-refractivity contribution in [3.8, 4) is 11.5 Å². The number of likely N-dealkylation sites (N-methyl/N-ethyl adjacent to an activating group) is 1. The van der Waals surface area contributed by atoms with Crippen LogP contribution in [-0.2, 0) is 11.3 Å². The maximum Gasteiger partial charge on any atom is 0.234 e. The van der Waals surface area contributed by atoms with E-state index in [0.29, 0.717) is 31.3 Å². The maximum absolute atomic E-state index is 12.3. The molecule has 0 aliphatic carbocycles. The summed E-state index contributed by atoms with van der Waals surface area (Å²) in [4.78, 5) is 14.3. The number of halogens is 1. The topological polar surface area (TPSA) is 50.8 Å². The lowest BCUT2D eigenvalue weighted by Gasteiger charge is -2.21. The second-order valence-electron chi connectivity index (χ2n) is 6.49. The van der Waals surface area contributed by atoms with Gasteiger partial charge in [-0.15, -0.1) is 0 Å². The molecule has 2 aromatic carbocycles. The molecule has 1 aliphatic heterocycles. The summed E-state index contributed by atoms with van der Waals surface area (Å²) in [5.41, 5.74) is 2.10. The van der Waals surface area contributed by atoms with Gasteiger partial charge in [-0.1, -0.05) is 29.8 Å². The maximum atomic E-state index is 12.3. The lowest BCUT2D eigenvalue weighted by atomic mass is 10.1. The summed E-state index contributed by atoms with van der Waals surface area (Å²) >= 11 is 5.90. The van der Waals surface area contributed by atoms with Crippen molar-refractivity contribution in [1.82, 2.24) is 10.2 Å². The molecule has 5 nitrogen and oxygen atoms in total. The molecule has 0 spiro atoms. The van der Waals surface area contributed by atoms with Gasteiger partial charge < -0.3 is 14.8 Å². The number of rotatable bonds is 6. The quantitative estimate of drug-likeness (QED) is 0.841. The summed E-state index contributed by atoms with van der Waals surface area (Å²) < 4.78 is 11.1. The molecule has 1 atom stereocenters. The van der Waals surface area contributed by atoms with Gasteiger partial charge in [0, 0.05) is 11.6 Å². The second-order valence-corrected chi connectivity index (χ2v) is 6.93. The van der Waals surface area contributed by atoms with Crippen molar-refractivity contribution in [3.63, 3.8) is 0 Å². The monoisotopic (exact) mass is 374 g/mol. The highest BCUT2D eigenvalue weighted by atomic mass is 35.5. The zero-order valence-corrected chi connectivity index (χ0v) is 15.8. The molecule has 1 N–H and O–H groups in total. The largest absolute Gasteiger partial charge is 0.486 e. The molecule has 0 radical (unpaired) electrons. The molecule has 26 heavy (non-hydrogen) atoms. The molecular formula is C20H23ClN2O3. The van der Waals surface area contributed by atoms with Crippen LogP contribution in [0.1, 0.15) is 24.1 Å². The highest BCUT2D eigenvalue weighted by molar-refractivity contribution is 6.30. The Labute approximate surface area is 158 Å².